The molecule has 1 atom stereocenters. The summed E-state index contributed by atoms with van der Waals surface area (Å²) in [7, 11) is 0. The van der Waals surface area contributed by atoms with E-state index in [1.54, 1.807) is 0 Å². The number of hydrogen-bond acceptors (Lipinski definition) is 4. The highest BCUT2D eigenvalue weighted by atomic mass is 15.0. The molecule has 1 unspecified atom stereocenters. The zero-order valence-corrected chi connectivity index (χ0v) is 25.3. The van der Waals surface area contributed by atoms with Gasteiger partial charge in [-0.25, -0.2) is 15.0 Å². The van der Waals surface area contributed by atoms with Crippen LogP contribution in [-0.4, -0.2) is 19.9 Å². The van der Waals surface area contributed by atoms with Gasteiger partial charge in [0.15, 0.2) is 17.5 Å². The van der Waals surface area contributed by atoms with Crippen molar-refractivity contribution in [3.63, 3.8) is 0 Å². The van der Waals surface area contributed by atoms with Gasteiger partial charge in [-0.3, -0.25) is 4.98 Å². The minimum Gasteiger partial charge on any atom is -0.255 e. The predicted octanol–water partition coefficient (Wildman–Crippen LogP) is 9.76. The second-order valence-electron chi connectivity index (χ2n) is 12.2. The van der Waals surface area contributed by atoms with Gasteiger partial charge in [0.05, 0.1) is 11.1 Å². The summed E-state index contributed by atoms with van der Waals surface area (Å²) in [5, 5.41) is 2.38. The molecule has 2 aliphatic carbocycles. The van der Waals surface area contributed by atoms with Gasteiger partial charge in [0, 0.05) is 39.4 Å². The average Bonchev–Trinajstić information content (AvgIpc) is 3.62. The van der Waals surface area contributed by atoms with Crippen LogP contribution in [0.5, 0.6) is 0 Å². The van der Waals surface area contributed by atoms with Gasteiger partial charge in [-0.05, 0) is 39.3 Å². The maximum Gasteiger partial charge on any atom is 0.164 e. The molecule has 218 valence electrons. The van der Waals surface area contributed by atoms with E-state index in [0.717, 1.165) is 27.8 Å². The number of rotatable bonds is 3. The number of fused-ring (bicyclic) bond motifs is 12. The van der Waals surface area contributed by atoms with Crippen LogP contribution in [-0.2, 0) is 5.41 Å². The predicted molar refractivity (Wildman–Crippen MR) is 188 cm³/mol. The lowest BCUT2D eigenvalue weighted by Crippen LogP contribution is -2.26. The molecule has 2 aliphatic rings. The Kier molecular flexibility index (Phi) is 5.46. The van der Waals surface area contributed by atoms with Crippen LogP contribution in [0.4, 0.5) is 0 Å². The Morgan fingerprint density at radius 1 is 0.404 bits per heavy atom. The van der Waals surface area contributed by atoms with E-state index in [9.17, 15) is 0 Å². The van der Waals surface area contributed by atoms with Gasteiger partial charge >= 0.3 is 0 Å². The van der Waals surface area contributed by atoms with Gasteiger partial charge in [-0.2, -0.15) is 0 Å². The minimum atomic E-state index is -0.492. The molecule has 0 radical (unpaired) electrons. The SMILES string of the molecule is c1ccc(-c2nc(-c3ccccc3)nc(-c3ccc4c(c3)-c3ccccc3C43c4ccccc4-c4ncc5ccccc5c43)n2)cc1. The monoisotopic (exact) mass is 598 g/mol. The first kappa shape index (κ1) is 26.0. The molecular formula is C43H26N4. The quantitative estimate of drug-likeness (QED) is 0.203. The van der Waals surface area contributed by atoms with Crippen LogP contribution in [0.15, 0.2) is 158 Å². The molecule has 4 heteroatoms. The topological polar surface area (TPSA) is 51.6 Å². The zero-order valence-electron chi connectivity index (χ0n) is 25.3. The van der Waals surface area contributed by atoms with Crippen molar-refractivity contribution in [2.75, 3.05) is 0 Å². The molecule has 10 rings (SSSR count). The molecule has 0 aliphatic heterocycles. The molecule has 0 bridgehead atoms. The second-order valence-corrected chi connectivity index (χ2v) is 12.2. The standard InChI is InChI=1S/C43H26N4/c1-3-13-27(14-4-1)40-45-41(28-15-5-2-6-16-28)47-42(46-40)29-23-24-37-34(25-29)32-19-9-11-21-35(32)43(37)36-22-12-10-20-33(36)39-38(43)31-18-8-7-17-30(31)26-44-39/h1-26H. The van der Waals surface area contributed by atoms with E-state index in [1.165, 1.54) is 44.3 Å². The van der Waals surface area contributed by atoms with Crippen molar-refractivity contribution in [1.29, 1.82) is 0 Å². The van der Waals surface area contributed by atoms with Crippen molar-refractivity contribution in [3.8, 4) is 56.5 Å². The Bertz CT molecular complexity index is 2470. The second kappa shape index (κ2) is 9.87. The van der Waals surface area contributed by atoms with Crippen molar-refractivity contribution in [2.45, 2.75) is 5.41 Å². The summed E-state index contributed by atoms with van der Waals surface area (Å²) < 4.78 is 0. The Morgan fingerprint density at radius 2 is 0.936 bits per heavy atom. The van der Waals surface area contributed by atoms with Gasteiger partial charge in [0.1, 0.15) is 0 Å². The first-order valence-corrected chi connectivity index (χ1v) is 15.9. The maximum atomic E-state index is 5.11. The number of nitrogens with zero attached hydrogens (tertiary/aromatic N) is 4. The summed E-state index contributed by atoms with van der Waals surface area (Å²) in [6.07, 6.45) is 2.02. The van der Waals surface area contributed by atoms with Crippen molar-refractivity contribution in [2.24, 2.45) is 0 Å². The molecular weight excluding hydrogens is 573 g/mol. The fraction of sp³-hybridized carbons (Fsp3) is 0.0233. The van der Waals surface area contributed by atoms with E-state index in [4.69, 9.17) is 19.9 Å². The third kappa shape index (κ3) is 3.64. The van der Waals surface area contributed by atoms with Crippen LogP contribution in [0.2, 0.25) is 0 Å². The van der Waals surface area contributed by atoms with Gasteiger partial charge in [-0.15, -0.1) is 0 Å². The first-order chi connectivity index (χ1) is 23.3. The fourth-order valence-electron chi connectivity index (χ4n) is 7.82. The molecule has 0 saturated carbocycles. The summed E-state index contributed by atoms with van der Waals surface area (Å²) in [6, 6.07) is 53.3. The number of aromatic nitrogens is 4. The van der Waals surface area contributed by atoms with Gasteiger partial charge < -0.3 is 0 Å². The summed E-state index contributed by atoms with van der Waals surface area (Å²) in [6.45, 7) is 0. The van der Waals surface area contributed by atoms with Crippen molar-refractivity contribution in [3.05, 3.63) is 180 Å². The lowest BCUT2D eigenvalue weighted by Gasteiger charge is -2.31. The van der Waals surface area contributed by atoms with E-state index >= 15 is 0 Å². The molecule has 2 heterocycles. The van der Waals surface area contributed by atoms with Crippen LogP contribution in [0.25, 0.3) is 67.3 Å². The average molecular weight is 599 g/mol. The molecule has 6 aromatic carbocycles. The molecule has 0 saturated heterocycles. The Hall–Kier alpha value is -6.26. The van der Waals surface area contributed by atoms with Gasteiger partial charge in [0.25, 0.3) is 0 Å². The lowest BCUT2D eigenvalue weighted by molar-refractivity contribution is 0.799. The number of benzene rings is 6. The normalized spacial score (nSPS) is 15.3. The minimum absolute atomic E-state index is 0.492. The third-order valence-electron chi connectivity index (χ3n) is 9.76. The summed E-state index contributed by atoms with van der Waals surface area (Å²) in [5.41, 5.74) is 12.1. The van der Waals surface area contributed by atoms with E-state index in [1.807, 2.05) is 66.9 Å². The Labute approximate surface area is 272 Å². The largest absolute Gasteiger partial charge is 0.255 e. The van der Waals surface area contributed by atoms with Gasteiger partial charge in [-0.1, -0.05) is 146 Å². The van der Waals surface area contributed by atoms with E-state index in [0.29, 0.717) is 17.5 Å². The summed E-state index contributed by atoms with van der Waals surface area (Å²) in [5.74, 6) is 1.96. The van der Waals surface area contributed by atoms with E-state index < -0.39 is 5.41 Å². The molecule has 8 aromatic rings. The van der Waals surface area contributed by atoms with Crippen molar-refractivity contribution in [1.82, 2.24) is 19.9 Å². The van der Waals surface area contributed by atoms with Crippen LogP contribution >= 0.6 is 0 Å². The smallest absolute Gasteiger partial charge is 0.164 e. The van der Waals surface area contributed by atoms with Crippen LogP contribution in [0, 0.1) is 0 Å². The fourth-order valence-corrected chi connectivity index (χ4v) is 7.82. The molecule has 0 N–H and O–H groups in total. The third-order valence-corrected chi connectivity index (χ3v) is 9.76. The highest BCUT2D eigenvalue weighted by molar-refractivity contribution is 6.02. The van der Waals surface area contributed by atoms with Gasteiger partial charge in [0.2, 0.25) is 0 Å². The van der Waals surface area contributed by atoms with E-state index in [2.05, 4.69) is 91.0 Å². The lowest BCUT2D eigenvalue weighted by atomic mass is 9.69. The van der Waals surface area contributed by atoms with Crippen LogP contribution in [0.1, 0.15) is 22.3 Å². The Morgan fingerprint density at radius 3 is 1.64 bits per heavy atom. The van der Waals surface area contributed by atoms with E-state index in [-0.39, 0.29) is 0 Å². The number of pyridine rings is 1. The van der Waals surface area contributed by atoms with Crippen LogP contribution in [0.3, 0.4) is 0 Å². The van der Waals surface area contributed by atoms with Crippen molar-refractivity contribution >= 4 is 10.8 Å². The highest BCUT2D eigenvalue weighted by Crippen LogP contribution is 2.63. The molecule has 1 spiro atoms. The van der Waals surface area contributed by atoms with Crippen LogP contribution < -0.4 is 0 Å². The highest BCUT2D eigenvalue weighted by Gasteiger charge is 2.53. The molecule has 0 fully saturated rings. The molecule has 0 amide bonds. The maximum absolute atomic E-state index is 5.11. The molecule has 2 aromatic heterocycles. The Balaban J connectivity index is 1.25. The van der Waals surface area contributed by atoms with Crippen molar-refractivity contribution < 1.29 is 0 Å². The summed E-state index contributed by atoms with van der Waals surface area (Å²) >= 11 is 0. The summed E-state index contributed by atoms with van der Waals surface area (Å²) in [4.78, 5) is 20.1. The molecule has 47 heavy (non-hydrogen) atoms. The number of hydrogen-bond donors (Lipinski definition) is 0. The molecule has 4 nitrogen and oxygen atoms in total. The first-order valence-electron chi connectivity index (χ1n) is 15.9. The zero-order chi connectivity index (χ0) is 31.0.